The highest BCUT2D eigenvalue weighted by Crippen LogP contribution is 2.32. The molecule has 1 heterocycles. The van der Waals surface area contributed by atoms with Crippen LogP contribution in [0.1, 0.15) is 27.6 Å². The molecule has 2 aromatic rings. The molecular weight excluding hydrogens is 312 g/mol. The number of ketones is 1. The van der Waals surface area contributed by atoms with Crippen molar-refractivity contribution in [3.05, 3.63) is 53.6 Å². The number of benzene rings is 2. The van der Waals surface area contributed by atoms with Crippen molar-refractivity contribution in [1.82, 2.24) is 0 Å². The van der Waals surface area contributed by atoms with Crippen molar-refractivity contribution >= 4 is 40.7 Å². The largest absolute Gasteiger partial charge is 0.324 e. The molecule has 0 saturated heterocycles. The van der Waals surface area contributed by atoms with Crippen LogP contribution in [0.2, 0.25) is 0 Å². The van der Waals surface area contributed by atoms with Gasteiger partial charge in [-0.1, -0.05) is 12.1 Å². The summed E-state index contributed by atoms with van der Waals surface area (Å²) < 4.78 is 0. The summed E-state index contributed by atoms with van der Waals surface area (Å²) in [5.41, 5.74) is 1.99. The van der Waals surface area contributed by atoms with E-state index >= 15 is 0 Å². The molecule has 6 heteroatoms. The Balaban J connectivity index is 1.86. The summed E-state index contributed by atoms with van der Waals surface area (Å²) >= 11 is 1.44. The fourth-order valence-electron chi connectivity index (χ4n) is 2.32. The lowest BCUT2D eigenvalue weighted by Gasteiger charge is -2.17. The molecule has 0 radical (unpaired) electrons. The number of thioether (sulfide) groups is 1. The van der Waals surface area contributed by atoms with E-state index < -0.39 is 0 Å². The Morgan fingerprint density at radius 3 is 2.74 bits per heavy atom. The topological polar surface area (TPSA) is 75.3 Å². The molecular formula is C17H14N2O3S. The molecule has 0 unspecified atom stereocenters. The normalized spacial score (nSPS) is 13.0. The average molecular weight is 326 g/mol. The number of nitrogens with one attached hydrogen (secondary N) is 2. The van der Waals surface area contributed by atoms with Crippen molar-refractivity contribution in [2.75, 3.05) is 16.4 Å². The molecule has 0 atom stereocenters. The zero-order valence-corrected chi connectivity index (χ0v) is 13.2. The molecule has 0 spiro atoms. The Morgan fingerprint density at radius 1 is 1.17 bits per heavy atom. The van der Waals surface area contributed by atoms with Crippen LogP contribution in [0.15, 0.2) is 47.4 Å². The number of fused-ring (bicyclic) bond motifs is 1. The van der Waals surface area contributed by atoms with Gasteiger partial charge < -0.3 is 10.6 Å². The first-order valence-corrected chi connectivity index (χ1v) is 8.01. The van der Waals surface area contributed by atoms with Crippen molar-refractivity contribution in [2.45, 2.75) is 11.8 Å². The number of hydrogen-bond donors (Lipinski definition) is 2. The van der Waals surface area contributed by atoms with Crippen LogP contribution < -0.4 is 10.6 Å². The molecule has 0 bridgehead atoms. The number of Topliss-reactive ketones (excluding diaryl/α,β-unsaturated/α-hetero) is 1. The Hall–Kier alpha value is -2.60. The van der Waals surface area contributed by atoms with E-state index in [0.29, 0.717) is 28.3 Å². The molecule has 2 amide bonds. The van der Waals surface area contributed by atoms with Crippen molar-refractivity contribution in [2.24, 2.45) is 0 Å². The quantitative estimate of drug-likeness (QED) is 0.850. The van der Waals surface area contributed by atoms with Gasteiger partial charge in [0.2, 0.25) is 5.91 Å². The molecule has 0 aromatic heterocycles. The molecule has 23 heavy (non-hydrogen) atoms. The first kappa shape index (κ1) is 15.3. The molecule has 5 nitrogen and oxygen atoms in total. The van der Waals surface area contributed by atoms with Crippen LogP contribution in [0, 0.1) is 0 Å². The van der Waals surface area contributed by atoms with Gasteiger partial charge in [0.25, 0.3) is 5.91 Å². The number of para-hydroxylation sites is 1. The summed E-state index contributed by atoms with van der Waals surface area (Å²) in [5.74, 6) is -0.145. The molecule has 2 N–H and O–H groups in total. The maximum absolute atomic E-state index is 12.4. The summed E-state index contributed by atoms with van der Waals surface area (Å²) in [4.78, 5) is 36.4. The van der Waals surface area contributed by atoms with Crippen LogP contribution in [-0.2, 0) is 4.79 Å². The summed E-state index contributed by atoms with van der Waals surface area (Å²) in [7, 11) is 0. The predicted octanol–water partition coefficient (Wildman–Crippen LogP) is 3.19. The van der Waals surface area contributed by atoms with Gasteiger partial charge in [-0.2, -0.15) is 0 Å². The fraction of sp³-hybridized carbons (Fsp3) is 0.118. The van der Waals surface area contributed by atoms with E-state index in [1.54, 1.807) is 36.4 Å². The first-order valence-electron chi connectivity index (χ1n) is 7.02. The van der Waals surface area contributed by atoms with Gasteiger partial charge >= 0.3 is 0 Å². The van der Waals surface area contributed by atoms with Gasteiger partial charge in [-0.05, 0) is 37.3 Å². The van der Waals surface area contributed by atoms with E-state index in [9.17, 15) is 14.4 Å². The highest BCUT2D eigenvalue weighted by molar-refractivity contribution is 8.00. The third-order valence-corrected chi connectivity index (χ3v) is 4.50. The van der Waals surface area contributed by atoms with E-state index in [4.69, 9.17) is 0 Å². The van der Waals surface area contributed by atoms with Crippen LogP contribution in [-0.4, -0.2) is 23.4 Å². The van der Waals surface area contributed by atoms with Crippen LogP contribution in [0.5, 0.6) is 0 Å². The Bertz CT molecular complexity index is 817. The zero-order valence-electron chi connectivity index (χ0n) is 12.4. The number of carbonyl (C=O) groups is 3. The maximum atomic E-state index is 12.4. The Kier molecular flexibility index (Phi) is 4.16. The number of amides is 2. The van der Waals surface area contributed by atoms with Gasteiger partial charge in [0, 0.05) is 16.0 Å². The lowest BCUT2D eigenvalue weighted by Crippen LogP contribution is -2.20. The Labute approximate surface area is 137 Å². The van der Waals surface area contributed by atoms with Crippen LogP contribution >= 0.6 is 11.8 Å². The monoisotopic (exact) mass is 326 g/mol. The Morgan fingerprint density at radius 2 is 1.96 bits per heavy atom. The van der Waals surface area contributed by atoms with E-state index in [1.807, 2.05) is 6.07 Å². The van der Waals surface area contributed by atoms with E-state index in [0.717, 1.165) is 4.90 Å². The van der Waals surface area contributed by atoms with Crippen molar-refractivity contribution < 1.29 is 14.4 Å². The minimum Gasteiger partial charge on any atom is -0.324 e. The minimum absolute atomic E-state index is 0.0815. The highest BCUT2D eigenvalue weighted by atomic mass is 32.2. The van der Waals surface area contributed by atoms with E-state index in [1.165, 1.54) is 18.7 Å². The fourth-order valence-corrected chi connectivity index (χ4v) is 3.11. The SMILES string of the molecule is CC(=O)c1ccccc1NC(=O)c1ccc2c(c1)NC(=O)CS2. The van der Waals surface area contributed by atoms with Crippen LogP contribution in [0.25, 0.3) is 0 Å². The second kappa shape index (κ2) is 6.26. The third kappa shape index (κ3) is 3.27. The van der Waals surface area contributed by atoms with Gasteiger partial charge in [-0.25, -0.2) is 0 Å². The van der Waals surface area contributed by atoms with Gasteiger partial charge in [0.05, 0.1) is 17.1 Å². The lowest BCUT2D eigenvalue weighted by molar-refractivity contribution is -0.113. The van der Waals surface area contributed by atoms with Gasteiger partial charge in [0.1, 0.15) is 0 Å². The third-order valence-electron chi connectivity index (χ3n) is 3.43. The van der Waals surface area contributed by atoms with Gasteiger partial charge in [0.15, 0.2) is 5.78 Å². The first-order chi connectivity index (χ1) is 11.0. The molecule has 2 aromatic carbocycles. The summed E-state index contributed by atoms with van der Waals surface area (Å²) in [6, 6.07) is 12.0. The maximum Gasteiger partial charge on any atom is 0.255 e. The number of hydrogen-bond acceptors (Lipinski definition) is 4. The molecule has 1 aliphatic rings. The second-order valence-electron chi connectivity index (χ2n) is 5.10. The summed E-state index contributed by atoms with van der Waals surface area (Å²) in [6.07, 6.45) is 0. The molecule has 0 fully saturated rings. The highest BCUT2D eigenvalue weighted by Gasteiger charge is 2.18. The molecule has 1 aliphatic heterocycles. The predicted molar refractivity (Wildman–Crippen MR) is 90.2 cm³/mol. The standard InChI is InChI=1S/C17H14N2O3S/c1-10(20)12-4-2-3-5-13(12)19-17(22)11-6-7-15-14(8-11)18-16(21)9-23-15/h2-8H,9H2,1H3,(H,18,21)(H,19,22). The van der Waals surface area contributed by atoms with E-state index in [2.05, 4.69) is 10.6 Å². The van der Waals surface area contributed by atoms with Crippen LogP contribution in [0.3, 0.4) is 0 Å². The number of rotatable bonds is 3. The van der Waals surface area contributed by atoms with E-state index in [-0.39, 0.29) is 17.6 Å². The van der Waals surface area contributed by atoms with Gasteiger partial charge in [-0.3, -0.25) is 14.4 Å². The van der Waals surface area contributed by atoms with Crippen LogP contribution in [0.4, 0.5) is 11.4 Å². The lowest BCUT2D eigenvalue weighted by atomic mass is 10.1. The molecule has 116 valence electrons. The summed E-state index contributed by atoms with van der Waals surface area (Å²) in [5, 5.41) is 5.50. The summed E-state index contributed by atoms with van der Waals surface area (Å²) in [6.45, 7) is 1.46. The molecule has 0 aliphatic carbocycles. The zero-order chi connectivity index (χ0) is 16.4. The van der Waals surface area contributed by atoms with Crippen molar-refractivity contribution in [1.29, 1.82) is 0 Å². The van der Waals surface area contributed by atoms with Crippen molar-refractivity contribution in [3.63, 3.8) is 0 Å². The minimum atomic E-state index is -0.327. The van der Waals surface area contributed by atoms with Crippen molar-refractivity contribution in [3.8, 4) is 0 Å². The number of anilines is 2. The average Bonchev–Trinajstić information content (AvgIpc) is 2.54. The molecule has 0 saturated carbocycles. The number of carbonyl (C=O) groups excluding carboxylic acids is 3. The van der Waals surface area contributed by atoms with Gasteiger partial charge in [-0.15, -0.1) is 11.8 Å². The second-order valence-corrected chi connectivity index (χ2v) is 6.12. The molecule has 3 rings (SSSR count). The smallest absolute Gasteiger partial charge is 0.255 e.